The summed E-state index contributed by atoms with van der Waals surface area (Å²) in [5.74, 6) is 0.0654. The van der Waals surface area contributed by atoms with Crippen LogP contribution in [0.25, 0.3) is 0 Å². The Balaban J connectivity index is 1.72. The molecule has 2 amide bonds. The molecule has 0 bridgehead atoms. The van der Waals surface area contributed by atoms with E-state index in [0.717, 1.165) is 12.0 Å². The molecule has 7 heteroatoms. The fourth-order valence-electron chi connectivity index (χ4n) is 3.48. The molecule has 0 unspecified atom stereocenters. The molecule has 156 valence electrons. The zero-order valence-corrected chi connectivity index (χ0v) is 17.6. The minimum absolute atomic E-state index is 0.1000. The molecule has 1 aromatic carbocycles. The van der Waals surface area contributed by atoms with E-state index in [1.165, 1.54) is 10.2 Å². The molecule has 29 heavy (non-hydrogen) atoms. The van der Waals surface area contributed by atoms with Crippen molar-refractivity contribution in [3.63, 3.8) is 0 Å². The topological polar surface area (TPSA) is 76.5 Å². The van der Waals surface area contributed by atoms with Crippen molar-refractivity contribution in [1.29, 1.82) is 0 Å². The van der Waals surface area contributed by atoms with E-state index in [1.54, 1.807) is 18.0 Å². The van der Waals surface area contributed by atoms with Gasteiger partial charge in [-0.05, 0) is 23.5 Å². The van der Waals surface area contributed by atoms with Crippen LogP contribution in [0, 0.1) is 0 Å². The monoisotopic (exact) mass is 398 g/mol. The van der Waals surface area contributed by atoms with Gasteiger partial charge in [-0.3, -0.25) is 14.3 Å². The molecule has 2 heterocycles. The lowest BCUT2D eigenvalue weighted by Crippen LogP contribution is -2.40. The van der Waals surface area contributed by atoms with Crippen molar-refractivity contribution < 1.29 is 14.3 Å². The van der Waals surface area contributed by atoms with Gasteiger partial charge in [0.15, 0.2) is 5.69 Å². The Labute approximate surface area is 172 Å². The van der Waals surface area contributed by atoms with Gasteiger partial charge in [0.25, 0.3) is 11.8 Å². The molecule has 3 rings (SSSR count). The van der Waals surface area contributed by atoms with Crippen molar-refractivity contribution in [3.8, 4) is 0 Å². The van der Waals surface area contributed by atoms with E-state index in [2.05, 4.69) is 48.5 Å². The molecule has 1 saturated heterocycles. The number of benzene rings is 1. The van der Waals surface area contributed by atoms with Gasteiger partial charge in [0.2, 0.25) is 0 Å². The van der Waals surface area contributed by atoms with Gasteiger partial charge in [0, 0.05) is 26.2 Å². The third-order valence-corrected chi connectivity index (χ3v) is 5.35. The van der Waals surface area contributed by atoms with Crippen LogP contribution in [0.5, 0.6) is 0 Å². The fourth-order valence-corrected chi connectivity index (χ4v) is 3.48. The fraction of sp³-hybridized carbons (Fsp3) is 0.500. The summed E-state index contributed by atoms with van der Waals surface area (Å²) in [7, 11) is 1.68. The van der Waals surface area contributed by atoms with E-state index >= 15 is 0 Å². The second-order valence-electron chi connectivity index (χ2n) is 7.70. The van der Waals surface area contributed by atoms with Gasteiger partial charge in [-0.1, -0.05) is 45.0 Å². The Hall–Kier alpha value is -2.67. The third-order valence-electron chi connectivity index (χ3n) is 5.35. The van der Waals surface area contributed by atoms with Crippen LogP contribution >= 0.6 is 0 Å². The number of hydrogen-bond acceptors (Lipinski definition) is 4. The van der Waals surface area contributed by atoms with Crippen LogP contribution in [-0.4, -0.2) is 52.8 Å². The van der Waals surface area contributed by atoms with Crippen molar-refractivity contribution in [2.24, 2.45) is 7.05 Å². The Morgan fingerprint density at radius 1 is 1.14 bits per heavy atom. The van der Waals surface area contributed by atoms with Crippen LogP contribution in [0.4, 0.5) is 0 Å². The van der Waals surface area contributed by atoms with Gasteiger partial charge >= 0.3 is 0 Å². The number of ether oxygens (including phenoxy) is 1. The van der Waals surface area contributed by atoms with Crippen LogP contribution in [0.3, 0.4) is 0 Å². The molecule has 7 nitrogen and oxygen atoms in total. The molecule has 1 fully saturated rings. The SMILES string of the molecule is CC[C@@H](NC(=O)c1cc(C(=O)N2CCOCC2)nn1C)c1ccc(C(C)C)cc1. The highest BCUT2D eigenvalue weighted by atomic mass is 16.5. The van der Waals surface area contributed by atoms with Gasteiger partial charge in [0.1, 0.15) is 5.69 Å². The van der Waals surface area contributed by atoms with Crippen molar-refractivity contribution in [2.75, 3.05) is 26.3 Å². The highest BCUT2D eigenvalue weighted by Gasteiger charge is 2.24. The van der Waals surface area contributed by atoms with Crippen molar-refractivity contribution in [2.45, 2.75) is 39.2 Å². The van der Waals surface area contributed by atoms with Crippen molar-refractivity contribution >= 4 is 11.8 Å². The van der Waals surface area contributed by atoms with Crippen molar-refractivity contribution in [1.82, 2.24) is 20.0 Å². The first-order valence-electron chi connectivity index (χ1n) is 10.2. The number of hydrogen-bond donors (Lipinski definition) is 1. The molecule has 0 radical (unpaired) electrons. The van der Waals surface area contributed by atoms with E-state index in [4.69, 9.17) is 4.74 Å². The number of carbonyl (C=O) groups is 2. The third kappa shape index (κ3) is 4.85. The lowest BCUT2D eigenvalue weighted by atomic mass is 9.98. The standard InChI is InChI=1S/C22H30N4O3/c1-5-18(17-8-6-16(7-9-17)15(2)3)23-21(27)20-14-19(24-25(20)4)22(28)26-10-12-29-13-11-26/h6-9,14-15,18H,5,10-13H2,1-4H3,(H,23,27)/t18-/m1/s1. The Bertz CT molecular complexity index is 851. The predicted octanol–water partition coefficient (Wildman–Crippen LogP) is 2.90. The predicted molar refractivity (Wildman–Crippen MR) is 111 cm³/mol. The maximum atomic E-state index is 12.9. The first-order chi connectivity index (χ1) is 13.9. The molecule has 0 aliphatic carbocycles. The van der Waals surface area contributed by atoms with E-state index < -0.39 is 0 Å². The molecule has 2 aromatic rings. The second kappa shape index (κ2) is 9.22. The molecule has 0 spiro atoms. The first kappa shape index (κ1) is 21.0. The minimum Gasteiger partial charge on any atom is -0.378 e. The Morgan fingerprint density at radius 3 is 2.34 bits per heavy atom. The maximum absolute atomic E-state index is 12.9. The van der Waals surface area contributed by atoms with E-state index in [0.29, 0.717) is 37.9 Å². The van der Waals surface area contributed by atoms with Crippen LogP contribution < -0.4 is 5.32 Å². The zero-order valence-electron chi connectivity index (χ0n) is 17.6. The number of nitrogens with zero attached hydrogens (tertiary/aromatic N) is 3. The zero-order chi connectivity index (χ0) is 21.0. The van der Waals surface area contributed by atoms with Gasteiger partial charge in [0.05, 0.1) is 19.3 Å². The molecule has 1 aliphatic heterocycles. The summed E-state index contributed by atoms with van der Waals surface area (Å²) in [5, 5.41) is 7.34. The number of aryl methyl sites for hydroxylation is 1. The molecule has 1 aliphatic rings. The van der Waals surface area contributed by atoms with Gasteiger partial charge in [-0.2, -0.15) is 5.10 Å². The quantitative estimate of drug-likeness (QED) is 0.812. The number of aromatic nitrogens is 2. The smallest absolute Gasteiger partial charge is 0.274 e. The number of morpholine rings is 1. The number of amides is 2. The second-order valence-corrected chi connectivity index (χ2v) is 7.70. The highest BCUT2D eigenvalue weighted by Crippen LogP contribution is 2.21. The molecular weight excluding hydrogens is 368 g/mol. The van der Waals surface area contributed by atoms with Gasteiger partial charge < -0.3 is 15.0 Å². The summed E-state index contributed by atoms with van der Waals surface area (Å²) < 4.78 is 6.76. The largest absolute Gasteiger partial charge is 0.378 e. The van der Waals surface area contributed by atoms with E-state index in [-0.39, 0.29) is 23.6 Å². The van der Waals surface area contributed by atoms with E-state index in [9.17, 15) is 9.59 Å². The molecule has 1 aromatic heterocycles. The Morgan fingerprint density at radius 2 is 1.76 bits per heavy atom. The van der Waals surface area contributed by atoms with Crippen LogP contribution in [0.15, 0.2) is 30.3 Å². The average Bonchev–Trinajstić information content (AvgIpc) is 3.13. The average molecular weight is 399 g/mol. The number of nitrogens with one attached hydrogen (secondary N) is 1. The molecule has 1 atom stereocenters. The first-order valence-corrected chi connectivity index (χ1v) is 10.2. The van der Waals surface area contributed by atoms with E-state index in [1.807, 2.05) is 6.92 Å². The Kier molecular flexibility index (Phi) is 6.69. The summed E-state index contributed by atoms with van der Waals surface area (Å²) in [6.45, 7) is 8.50. The lowest BCUT2D eigenvalue weighted by Gasteiger charge is -2.25. The number of carbonyl (C=O) groups excluding carboxylic acids is 2. The molecule has 1 N–H and O–H groups in total. The summed E-state index contributed by atoms with van der Waals surface area (Å²) in [5.41, 5.74) is 3.00. The highest BCUT2D eigenvalue weighted by molar-refractivity contribution is 5.98. The molecule has 0 saturated carbocycles. The van der Waals surface area contributed by atoms with Crippen LogP contribution in [-0.2, 0) is 11.8 Å². The van der Waals surface area contributed by atoms with Gasteiger partial charge in [-0.15, -0.1) is 0 Å². The van der Waals surface area contributed by atoms with Crippen LogP contribution in [0.1, 0.15) is 71.3 Å². The summed E-state index contributed by atoms with van der Waals surface area (Å²) in [6, 6.07) is 9.83. The summed E-state index contributed by atoms with van der Waals surface area (Å²) in [4.78, 5) is 27.2. The lowest BCUT2D eigenvalue weighted by molar-refractivity contribution is 0.0298. The normalized spacial score (nSPS) is 15.4. The van der Waals surface area contributed by atoms with Crippen molar-refractivity contribution in [3.05, 3.63) is 52.8 Å². The minimum atomic E-state index is -0.235. The molecular formula is C22H30N4O3. The maximum Gasteiger partial charge on any atom is 0.274 e. The summed E-state index contributed by atoms with van der Waals surface area (Å²) in [6.07, 6.45) is 0.768. The van der Waals surface area contributed by atoms with Gasteiger partial charge in [-0.25, -0.2) is 0 Å². The summed E-state index contributed by atoms with van der Waals surface area (Å²) >= 11 is 0. The van der Waals surface area contributed by atoms with Crippen LogP contribution in [0.2, 0.25) is 0 Å². The number of rotatable bonds is 6.